The van der Waals surface area contributed by atoms with Crippen molar-refractivity contribution in [1.29, 1.82) is 0 Å². The van der Waals surface area contributed by atoms with Gasteiger partial charge in [0.25, 0.3) is 0 Å². The molecule has 0 saturated heterocycles. The summed E-state index contributed by atoms with van der Waals surface area (Å²) < 4.78 is 5.16. The van der Waals surface area contributed by atoms with Crippen molar-refractivity contribution in [2.45, 2.75) is 32.6 Å². The highest BCUT2D eigenvalue weighted by Crippen LogP contribution is 2.42. The summed E-state index contributed by atoms with van der Waals surface area (Å²) >= 11 is 0. The first-order valence-corrected chi connectivity index (χ1v) is 7.72. The number of carbonyl (C=O) groups excluding carboxylic acids is 1. The maximum absolute atomic E-state index is 12.0. The molecule has 0 bridgehead atoms. The van der Waals surface area contributed by atoms with Gasteiger partial charge in [-0.2, -0.15) is 0 Å². The second kappa shape index (κ2) is 4.73. The second-order valence-corrected chi connectivity index (χ2v) is 5.84. The molecule has 0 saturated carbocycles. The van der Waals surface area contributed by atoms with Gasteiger partial charge < -0.3 is 4.74 Å². The summed E-state index contributed by atoms with van der Waals surface area (Å²) in [6.07, 6.45) is 4.18. The lowest BCUT2D eigenvalue weighted by molar-refractivity contribution is 0.0526. The quantitative estimate of drug-likeness (QED) is 0.782. The summed E-state index contributed by atoms with van der Waals surface area (Å²) in [5.74, 6) is -0.193. The van der Waals surface area contributed by atoms with Crippen molar-refractivity contribution >= 4 is 5.97 Å². The lowest BCUT2D eigenvalue weighted by Crippen LogP contribution is -2.16. The van der Waals surface area contributed by atoms with Crippen LogP contribution in [0.15, 0.2) is 30.3 Å². The zero-order valence-corrected chi connectivity index (χ0v) is 12.2. The van der Waals surface area contributed by atoms with Crippen molar-refractivity contribution < 1.29 is 9.53 Å². The lowest BCUT2D eigenvalue weighted by atomic mass is 9.75. The Morgan fingerprint density at radius 3 is 2.05 bits per heavy atom. The minimum Gasteiger partial charge on any atom is -0.462 e. The van der Waals surface area contributed by atoms with Gasteiger partial charge in [0.15, 0.2) is 0 Å². The predicted octanol–water partition coefficient (Wildman–Crippen LogP) is 3.73. The smallest absolute Gasteiger partial charge is 0.338 e. The Morgan fingerprint density at radius 1 is 0.952 bits per heavy atom. The molecule has 0 N–H and O–H groups in total. The summed E-state index contributed by atoms with van der Waals surface area (Å²) in [6, 6.07) is 10.8. The number of hydrogen-bond donors (Lipinski definition) is 0. The molecule has 2 nitrogen and oxygen atoms in total. The Balaban J connectivity index is 1.91. The number of hydrogen-bond acceptors (Lipinski definition) is 2. The number of aryl methyl sites for hydroxylation is 4. The number of esters is 1. The molecule has 0 radical (unpaired) electrons. The monoisotopic (exact) mass is 278 g/mol. The Morgan fingerprint density at radius 2 is 1.48 bits per heavy atom. The van der Waals surface area contributed by atoms with E-state index >= 15 is 0 Å². The normalized spacial score (nSPS) is 14.5. The van der Waals surface area contributed by atoms with Crippen LogP contribution < -0.4 is 0 Å². The fourth-order valence-corrected chi connectivity index (χ4v) is 3.75. The Labute approximate surface area is 124 Å². The van der Waals surface area contributed by atoms with Crippen LogP contribution in [-0.4, -0.2) is 12.6 Å². The van der Waals surface area contributed by atoms with E-state index in [1.165, 1.54) is 33.4 Å². The molecule has 106 valence electrons. The SMILES string of the molecule is CCOC(=O)c1cc2c3c(c1)CCc1cccc(c1-3)CC2. The highest BCUT2D eigenvalue weighted by Gasteiger charge is 2.26. The summed E-state index contributed by atoms with van der Waals surface area (Å²) in [5.41, 5.74) is 9.11. The van der Waals surface area contributed by atoms with Gasteiger partial charge in [-0.25, -0.2) is 4.79 Å². The molecule has 0 heterocycles. The Kier molecular flexibility index (Phi) is 2.85. The van der Waals surface area contributed by atoms with Crippen LogP contribution in [0.1, 0.15) is 39.5 Å². The van der Waals surface area contributed by atoms with E-state index in [0.717, 1.165) is 25.7 Å². The number of rotatable bonds is 2. The van der Waals surface area contributed by atoms with Gasteiger partial charge in [0, 0.05) is 0 Å². The van der Waals surface area contributed by atoms with E-state index in [0.29, 0.717) is 12.2 Å². The molecule has 0 spiro atoms. The highest BCUT2D eigenvalue weighted by molar-refractivity contribution is 5.92. The van der Waals surface area contributed by atoms with Crippen LogP contribution in [0, 0.1) is 0 Å². The van der Waals surface area contributed by atoms with Gasteiger partial charge in [-0.05, 0) is 78.1 Å². The lowest BCUT2D eigenvalue weighted by Gasteiger charge is -2.29. The van der Waals surface area contributed by atoms with Crippen molar-refractivity contribution in [3.63, 3.8) is 0 Å². The first kappa shape index (κ1) is 12.6. The molecule has 0 unspecified atom stereocenters. The fourth-order valence-electron chi connectivity index (χ4n) is 3.75. The van der Waals surface area contributed by atoms with Gasteiger partial charge in [-0.1, -0.05) is 18.2 Å². The summed E-state index contributed by atoms with van der Waals surface area (Å²) in [5, 5.41) is 0. The van der Waals surface area contributed by atoms with Gasteiger partial charge in [-0.15, -0.1) is 0 Å². The van der Waals surface area contributed by atoms with E-state index in [1.54, 1.807) is 0 Å². The first-order chi connectivity index (χ1) is 10.3. The van der Waals surface area contributed by atoms with Crippen LogP contribution >= 0.6 is 0 Å². The Bertz CT molecular complexity index is 696. The van der Waals surface area contributed by atoms with Crippen molar-refractivity contribution in [1.82, 2.24) is 0 Å². The maximum Gasteiger partial charge on any atom is 0.338 e. The molecule has 0 aromatic heterocycles. The molecular formula is C19H18O2. The standard InChI is InChI=1S/C19H18O2/c1-2-21-19(20)16-10-14-8-6-12-4-3-5-13-7-9-15(11-16)18(14)17(12)13/h3-5,10-11H,2,6-9H2,1H3. The molecule has 2 aliphatic rings. The molecule has 2 aliphatic carbocycles. The summed E-state index contributed by atoms with van der Waals surface area (Å²) in [7, 11) is 0. The van der Waals surface area contributed by atoms with E-state index in [9.17, 15) is 4.79 Å². The number of benzene rings is 2. The van der Waals surface area contributed by atoms with Gasteiger partial charge in [0.05, 0.1) is 12.2 Å². The highest BCUT2D eigenvalue weighted by atomic mass is 16.5. The van der Waals surface area contributed by atoms with Gasteiger partial charge in [-0.3, -0.25) is 0 Å². The summed E-state index contributed by atoms with van der Waals surface area (Å²) in [4.78, 5) is 12.0. The molecule has 21 heavy (non-hydrogen) atoms. The molecule has 0 aliphatic heterocycles. The van der Waals surface area contributed by atoms with E-state index in [1.807, 2.05) is 19.1 Å². The first-order valence-electron chi connectivity index (χ1n) is 7.72. The van der Waals surface area contributed by atoms with Crippen LogP contribution in [0.25, 0.3) is 11.1 Å². The van der Waals surface area contributed by atoms with Crippen LogP contribution in [-0.2, 0) is 30.4 Å². The molecule has 2 aromatic carbocycles. The predicted molar refractivity (Wildman–Crippen MR) is 82.7 cm³/mol. The minimum absolute atomic E-state index is 0.193. The van der Waals surface area contributed by atoms with Crippen molar-refractivity contribution in [2.75, 3.05) is 6.61 Å². The zero-order chi connectivity index (χ0) is 14.4. The van der Waals surface area contributed by atoms with E-state index in [-0.39, 0.29) is 5.97 Å². The van der Waals surface area contributed by atoms with Crippen molar-refractivity contribution in [3.8, 4) is 11.1 Å². The van der Waals surface area contributed by atoms with E-state index in [4.69, 9.17) is 4.74 Å². The summed E-state index contributed by atoms with van der Waals surface area (Å²) in [6.45, 7) is 2.28. The third-order valence-electron chi connectivity index (χ3n) is 4.63. The van der Waals surface area contributed by atoms with Gasteiger partial charge >= 0.3 is 5.97 Å². The number of carbonyl (C=O) groups is 1. The van der Waals surface area contributed by atoms with E-state index < -0.39 is 0 Å². The minimum atomic E-state index is -0.193. The van der Waals surface area contributed by atoms with Crippen molar-refractivity contribution in [2.24, 2.45) is 0 Å². The van der Waals surface area contributed by atoms with Crippen LogP contribution in [0.2, 0.25) is 0 Å². The molecule has 0 fully saturated rings. The maximum atomic E-state index is 12.0. The van der Waals surface area contributed by atoms with Gasteiger partial charge in [0.1, 0.15) is 0 Å². The second-order valence-electron chi connectivity index (χ2n) is 5.84. The fraction of sp³-hybridized carbons (Fsp3) is 0.316. The third-order valence-corrected chi connectivity index (χ3v) is 4.63. The molecule has 4 rings (SSSR count). The average molecular weight is 278 g/mol. The molecular weight excluding hydrogens is 260 g/mol. The average Bonchev–Trinajstić information content (AvgIpc) is 2.52. The largest absolute Gasteiger partial charge is 0.462 e. The van der Waals surface area contributed by atoms with E-state index in [2.05, 4.69) is 18.2 Å². The topological polar surface area (TPSA) is 26.3 Å². The molecule has 2 heteroatoms. The van der Waals surface area contributed by atoms with Crippen LogP contribution in [0.4, 0.5) is 0 Å². The zero-order valence-electron chi connectivity index (χ0n) is 12.2. The van der Waals surface area contributed by atoms with Gasteiger partial charge in [0.2, 0.25) is 0 Å². The molecule has 2 aromatic rings. The molecule has 0 atom stereocenters. The third kappa shape index (κ3) is 1.90. The Hall–Kier alpha value is -2.09. The number of ether oxygens (including phenoxy) is 1. The molecule has 0 amide bonds. The van der Waals surface area contributed by atoms with Crippen LogP contribution in [0.3, 0.4) is 0 Å². The van der Waals surface area contributed by atoms with Crippen molar-refractivity contribution in [3.05, 3.63) is 58.1 Å². The van der Waals surface area contributed by atoms with Crippen LogP contribution in [0.5, 0.6) is 0 Å².